The minimum absolute atomic E-state index is 0.0650. The molecule has 1 aromatic heterocycles. The Labute approximate surface area is 355 Å². The molecule has 60 heavy (non-hydrogen) atoms. The number of hydrogen-bond acceptors (Lipinski definition) is 8. The van der Waals surface area contributed by atoms with Crippen molar-refractivity contribution in [2.45, 2.75) is 64.3 Å². The van der Waals surface area contributed by atoms with E-state index in [0.29, 0.717) is 75.4 Å². The van der Waals surface area contributed by atoms with Crippen LogP contribution >= 0.6 is 11.6 Å². The van der Waals surface area contributed by atoms with Crippen molar-refractivity contribution in [2.75, 3.05) is 45.8 Å². The summed E-state index contributed by atoms with van der Waals surface area (Å²) in [7, 11) is -4.42. The molecule has 0 atom stereocenters. The van der Waals surface area contributed by atoms with E-state index in [1.165, 1.54) is 35.0 Å². The lowest BCUT2D eigenvalue weighted by molar-refractivity contribution is 0.0728. The van der Waals surface area contributed by atoms with Crippen LogP contribution in [0, 0.1) is 6.92 Å². The number of halogens is 1. The fourth-order valence-electron chi connectivity index (χ4n) is 7.71. The average Bonchev–Trinajstić information content (AvgIpc) is 3.57. The molecule has 0 spiro atoms. The van der Waals surface area contributed by atoms with Crippen molar-refractivity contribution in [3.8, 4) is 5.69 Å². The van der Waals surface area contributed by atoms with Gasteiger partial charge in [0.25, 0.3) is 33.7 Å². The molecule has 5 aromatic rings. The molecule has 0 unspecified atom stereocenters. The van der Waals surface area contributed by atoms with E-state index in [4.69, 9.17) is 11.6 Å². The van der Waals surface area contributed by atoms with E-state index in [0.717, 1.165) is 42.2 Å². The number of aromatic nitrogens is 2. The van der Waals surface area contributed by atoms with E-state index in [2.05, 4.69) is 29.0 Å². The van der Waals surface area contributed by atoms with Gasteiger partial charge in [-0.05, 0) is 90.6 Å². The highest BCUT2D eigenvalue weighted by Crippen LogP contribution is 2.30. The summed E-state index contributed by atoms with van der Waals surface area (Å²) in [5.41, 5.74) is 3.36. The Balaban J connectivity index is 1.21. The highest BCUT2D eigenvalue weighted by Gasteiger charge is 2.30. The van der Waals surface area contributed by atoms with Crippen LogP contribution in [0.5, 0.6) is 0 Å². The number of hydrogen-bond donors (Lipinski definition) is 2. The van der Waals surface area contributed by atoms with Crippen LogP contribution in [0.4, 0.5) is 0 Å². The predicted molar refractivity (Wildman–Crippen MR) is 231 cm³/mol. The second-order valence-corrected chi connectivity index (χ2v) is 17.4. The largest absolute Gasteiger partial charge is 0.337 e. The Morgan fingerprint density at radius 3 is 2.20 bits per heavy atom. The van der Waals surface area contributed by atoms with Crippen molar-refractivity contribution in [3.63, 3.8) is 0 Å². The van der Waals surface area contributed by atoms with E-state index in [9.17, 15) is 27.6 Å². The molecule has 4 amide bonds. The third kappa shape index (κ3) is 8.96. The summed E-state index contributed by atoms with van der Waals surface area (Å²) in [6, 6.07) is 21.8. The number of amides is 4. The molecule has 0 radical (unpaired) electrons. The highest BCUT2D eigenvalue weighted by molar-refractivity contribution is 7.90. The molecule has 0 aliphatic carbocycles. The van der Waals surface area contributed by atoms with Gasteiger partial charge in [-0.1, -0.05) is 74.7 Å². The second kappa shape index (κ2) is 18.4. The number of piperazine rings is 1. The minimum Gasteiger partial charge on any atom is -0.337 e. The topological polar surface area (TPSA) is 154 Å². The summed E-state index contributed by atoms with van der Waals surface area (Å²) in [6.45, 7) is 10.2. The van der Waals surface area contributed by atoms with Gasteiger partial charge in [0.05, 0.1) is 26.9 Å². The van der Waals surface area contributed by atoms with Crippen molar-refractivity contribution in [1.82, 2.24) is 34.5 Å². The van der Waals surface area contributed by atoms with Crippen LogP contribution < -0.4 is 10.0 Å². The van der Waals surface area contributed by atoms with E-state index in [1.54, 1.807) is 45.9 Å². The molecule has 2 N–H and O–H groups in total. The molecule has 0 bridgehead atoms. The number of carbonyl (C=O) groups excluding carboxylic acids is 4. The van der Waals surface area contributed by atoms with Gasteiger partial charge in [-0.3, -0.25) is 19.2 Å². The average molecular weight is 852 g/mol. The fourth-order valence-corrected chi connectivity index (χ4v) is 8.91. The normalized spacial score (nSPS) is 14.2. The van der Waals surface area contributed by atoms with Crippen LogP contribution in [0.2, 0.25) is 5.02 Å². The van der Waals surface area contributed by atoms with Crippen molar-refractivity contribution >= 4 is 56.0 Å². The van der Waals surface area contributed by atoms with E-state index in [1.807, 2.05) is 24.3 Å². The number of nitrogens with zero attached hydrogens (tertiary/aromatic N) is 5. The van der Waals surface area contributed by atoms with E-state index in [-0.39, 0.29) is 44.2 Å². The zero-order valence-corrected chi connectivity index (χ0v) is 35.7. The van der Waals surface area contributed by atoms with Gasteiger partial charge in [0.15, 0.2) is 5.69 Å². The number of rotatable bonds is 13. The molecule has 0 saturated carbocycles. The first-order valence-electron chi connectivity index (χ1n) is 20.6. The third-order valence-corrected chi connectivity index (χ3v) is 13.0. The molecule has 15 heteroatoms. The Morgan fingerprint density at radius 1 is 0.800 bits per heavy atom. The molecule has 7 rings (SSSR count). The van der Waals surface area contributed by atoms with Gasteiger partial charge in [-0.15, -0.1) is 0 Å². The molecule has 13 nitrogen and oxygen atoms in total. The number of benzene rings is 4. The van der Waals surface area contributed by atoms with Crippen LogP contribution in [0.3, 0.4) is 0 Å². The van der Waals surface area contributed by atoms with Crippen molar-refractivity contribution in [1.29, 1.82) is 0 Å². The smallest absolute Gasteiger partial charge is 0.275 e. The fraction of sp³-hybridized carbons (Fsp3) is 0.356. The Morgan fingerprint density at radius 2 is 1.48 bits per heavy atom. The molecule has 4 aromatic carbocycles. The lowest BCUT2D eigenvalue weighted by Gasteiger charge is -2.29. The molecule has 1 fully saturated rings. The number of unbranched alkanes of at least 4 members (excludes halogenated alkanes) is 2. The second-order valence-electron chi connectivity index (χ2n) is 15.3. The van der Waals surface area contributed by atoms with Gasteiger partial charge < -0.3 is 20.0 Å². The Hall–Kier alpha value is -5.57. The summed E-state index contributed by atoms with van der Waals surface area (Å²) in [5, 5.41) is 9.32. The first-order valence-corrected chi connectivity index (χ1v) is 22.4. The molecular weight excluding hydrogens is 802 g/mol. The Kier molecular flexibility index (Phi) is 13.0. The first kappa shape index (κ1) is 42.6. The van der Waals surface area contributed by atoms with Gasteiger partial charge in [0, 0.05) is 63.5 Å². The SMILES string of the molecule is CCCCN(CCCC)C(=O)c1nn(-c2ccc(C(=O)NS(=O)(=O)c3ccc4ccc(C(=O)N5CCNCC5)cc4c3)cc2C(=O)N2CCc3ccccc3C2)c(C)c1Cl. The van der Waals surface area contributed by atoms with Gasteiger partial charge in [0.1, 0.15) is 0 Å². The molecular formula is C45H50ClN7O6S. The van der Waals surface area contributed by atoms with Crippen LogP contribution in [0.25, 0.3) is 16.5 Å². The van der Waals surface area contributed by atoms with E-state index < -0.39 is 21.8 Å². The van der Waals surface area contributed by atoms with Crippen molar-refractivity contribution in [2.24, 2.45) is 0 Å². The molecule has 3 heterocycles. The first-order chi connectivity index (χ1) is 28.9. The molecule has 1 saturated heterocycles. The summed E-state index contributed by atoms with van der Waals surface area (Å²) >= 11 is 6.84. The zero-order chi connectivity index (χ0) is 42.6. The minimum atomic E-state index is -4.42. The predicted octanol–water partition coefficient (Wildman–Crippen LogP) is 6.39. The van der Waals surface area contributed by atoms with Gasteiger partial charge in [-0.2, -0.15) is 5.10 Å². The van der Waals surface area contributed by atoms with Gasteiger partial charge >= 0.3 is 0 Å². The quantitative estimate of drug-likeness (QED) is 0.138. The van der Waals surface area contributed by atoms with Crippen LogP contribution in [-0.2, 0) is 23.0 Å². The molecule has 314 valence electrons. The van der Waals surface area contributed by atoms with Gasteiger partial charge in [-0.25, -0.2) is 17.8 Å². The van der Waals surface area contributed by atoms with Crippen LogP contribution in [0.1, 0.15) is 97.9 Å². The summed E-state index contributed by atoms with van der Waals surface area (Å²) < 4.78 is 31.2. The summed E-state index contributed by atoms with van der Waals surface area (Å²) in [5.74, 6) is -1.79. The zero-order valence-electron chi connectivity index (χ0n) is 34.2. The molecule has 2 aliphatic rings. The highest BCUT2D eigenvalue weighted by atomic mass is 35.5. The van der Waals surface area contributed by atoms with Gasteiger partial charge in [0.2, 0.25) is 0 Å². The standard InChI is InChI=1S/C45H50ClN7O6S/c1-4-6-21-50(22-7-5-2)45(57)41-40(46)30(3)53(48-41)39-17-15-33(28-38(39)44(56)52-23-18-31-10-8-9-11-35(31)29-52)42(54)49-60(58,59)37-16-14-32-12-13-34(26-36(32)27-37)43(55)51-24-19-47-20-25-51/h8-17,26-28,47H,4-7,18-25,29H2,1-3H3,(H,49,54). The monoisotopic (exact) mass is 851 g/mol. The number of fused-ring (bicyclic) bond motifs is 2. The van der Waals surface area contributed by atoms with Crippen molar-refractivity contribution < 1.29 is 27.6 Å². The Bertz CT molecular complexity index is 2560. The lowest BCUT2D eigenvalue weighted by Crippen LogP contribution is -2.46. The molecule has 2 aliphatic heterocycles. The maximum Gasteiger partial charge on any atom is 0.275 e. The third-order valence-electron chi connectivity index (χ3n) is 11.2. The summed E-state index contributed by atoms with van der Waals surface area (Å²) in [6.07, 6.45) is 4.09. The maximum absolute atomic E-state index is 14.6. The van der Waals surface area contributed by atoms with Crippen LogP contribution in [0.15, 0.2) is 83.8 Å². The maximum atomic E-state index is 14.6. The lowest BCUT2D eigenvalue weighted by atomic mass is 9.98. The number of nitrogens with one attached hydrogen (secondary N) is 2. The van der Waals surface area contributed by atoms with Crippen molar-refractivity contribution in [3.05, 3.63) is 123 Å². The van der Waals surface area contributed by atoms with Crippen LogP contribution in [-0.4, -0.2) is 102 Å². The number of sulfonamides is 1. The summed E-state index contributed by atoms with van der Waals surface area (Å²) in [4.78, 5) is 60.6. The number of carbonyl (C=O) groups is 4. The van der Waals surface area contributed by atoms with E-state index >= 15 is 0 Å².